The van der Waals surface area contributed by atoms with Crippen LogP contribution in [0.1, 0.15) is 5.56 Å². The summed E-state index contributed by atoms with van der Waals surface area (Å²) in [5, 5.41) is -1.85. The van der Waals surface area contributed by atoms with Crippen molar-refractivity contribution < 1.29 is 22.1 Å². The van der Waals surface area contributed by atoms with Crippen LogP contribution < -0.4 is 0 Å². The molecule has 0 amide bonds. The van der Waals surface area contributed by atoms with E-state index < -0.39 is 22.5 Å². The lowest BCUT2D eigenvalue weighted by molar-refractivity contribution is -0.145. The molecule has 1 unspecified atom stereocenters. The van der Waals surface area contributed by atoms with E-state index in [0.717, 1.165) is 5.56 Å². The van der Waals surface area contributed by atoms with Gasteiger partial charge >= 0.3 is 5.37 Å². The van der Waals surface area contributed by atoms with Crippen LogP contribution >= 0.6 is 22.6 Å². The van der Waals surface area contributed by atoms with Crippen molar-refractivity contribution >= 4 is 34.1 Å². The Morgan fingerprint density at radius 3 is 2.38 bits per heavy atom. The molecule has 0 N–H and O–H groups in total. The molecule has 21 heavy (non-hydrogen) atoms. The number of thioether (sulfide) groups is 1. The monoisotopic (exact) mass is 336 g/mol. The van der Waals surface area contributed by atoms with Crippen LogP contribution in [0.15, 0.2) is 35.2 Å². The van der Waals surface area contributed by atoms with Gasteiger partial charge in [-0.15, -0.1) is 0 Å². The zero-order valence-corrected chi connectivity index (χ0v) is 12.9. The fourth-order valence-corrected chi connectivity index (χ4v) is 2.71. The third-order valence-electron chi connectivity index (χ3n) is 2.89. The molecule has 1 aliphatic heterocycles. The van der Waals surface area contributed by atoms with Crippen molar-refractivity contribution in [2.24, 2.45) is 0 Å². The summed E-state index contributed by atoms with van der Waals surface area (Å²) in [6.45, 7) is 1.26. The largest absolute Gasteiger partial charge is 0.348 e. The fraction of sp³-hybridized carbons (Fsp3) is 0.357. The zero-order valence-electron chi connectivity index (χ0n) is 11.3. The van der Waals surface area contributed by atoms with Crippen LogP contribution in [0.3, 0.4) is 0 Å². The first kappa shape index (κ1) is 16.6. The maximum atomic E-state index is 13.1. The van der Waals surface area contributed by atoms with Crippen molar-refractivity contribution in [1.29, 1.82) is 0 Å². The highest BCUT2D eigenvalue weighted by molar-refractivity contribution is 8.11. The molecule has 1 heterocycles. The zero-order chi connectivity index (χ0) is 15.2. The molecule has 1 aromatic carbocycles. The van der Waals surface area contributed by atoms with E-state index in [0.29, 0.717) is 18.5 Å². The van der Waals surface area contributed by atoms with Gasteiger partial charge < -0.3 is 9.47 Å². The minimum Gasteiger partial charge on any atom is -0.348 e. The van der Waals surface area contributed by atoms with Gasteiger partial charge in [-0.25, -0.2) is 0 Å². The Bertz CT molecular complexity index is 520. The molecule has 1 aliphatic rings. The topological polar surface area (TPSA) is 18.5 Å². The van der Waals surface area contributed by atoms with Crippen LogP contribution in [0.4, 0.5) is 12.7 Å². The molecule has 116 valence electrons. The van der Waals surface area contributed by atoms with Crippen molar-refractivity contribution in [2.45, 2.75) is 16.4 Å². The van der Waals surface area contributed by atoms with E-state index in [9.17, 15) is 12.7 Å². The number of ether oxygens (including phenoxy) is 2. The molecular formula is C14H15F3O2S2. The van der Waals surface area contributed by atoms with Gasteiger partial charge in [0.1, 0.15) is 0 Å². The minimum absolute atomic E-state index is 0.0277. The summed E-state index contributed by atoms with van der Waals surface area (Å²) < 4.78 is 48.5. The molecule has 0 spiro atoms. The number of benzene rings is 1. The highest BCUT2D eigenvalue weighted by Gasteiger charge is 2.19. The second-order valence-corrected chi connectivity index (χ2v) is 6.73. The molecule has 1 fully saturated rings. The van der Waals surface area contributed by atoms with Gasteiger partial charge in [0.25, 0.3) is 0 Å². The Morgan fingerprint density at radius 1 is 1.24 bits per heavy atom. The van der Waals surface area contributed by atoms with Crippen molar-refractivity contribution in [3.8, 4) is 0 Å². The summed E-state index contributed by atoms with van der Waals surface area (Å²) in [4.78, 5) is -0.0277. The van der Waals surface area contributed by atoms with Gasteiger partial charge in [-0.05, 0) is 30.0 Å². The lowest BCUT2D eigenvalue weighted by Gasteiger charge is -2.26. The summed E-state index contributed by atoms with van der Waals surface area (Å²) >= 11 is 1.70. The van der Waals surface area contributed by atoms with Gasteiger partial charge in [-0.3, -0.25) is 0 Å². The highest BCUT2D eigenvalue weighted by atomic mass is 32.2. The molecule has 0 bridgehead atoms. The van der Waals surface area contributed by atoms with E-state index in [-0.39, 0.29) is 4.90 Å². The summed E-state index contributed by atoms with van der Waals surface area (Å²) in [7, 11) is -2.60. The van der Waals surface area contributed by atoms with E-state index in [1.807, 2.05) is 6.26 Å². The van der Waals surface area contributed by atoms with E-state index in [2.05, 4.69) is 0 Å². The van der Waals surface area contributed by atoms with Crippen LogP contribution in [0, 0.1) is 0 Å². The van der Waals surface area contributed by atoms with Crippen molar-refractivity contribution in [3.63, 3.8) is 0 Å². The minimum atomic E-state index is -2.60. The first-order valence-electron chi connectivity index (χ1n) is 6.23. The highest BCUT2D eigenvalue weighted by Crippen LogP contribution is 2.30. The van der Waals surface area contributed by atoms with Gasteiger partial charge in [-0.1, -0.05) is 18.2 Å². The third kappa shape index (κ3) is 4.88. The molecule has 0 aromatic heterocycles. The summed E-state index contributed by atoms with van der Waals surface area (Å²) in [5.41, 5.74) is 0.772. The number of halogens is 3. The molecule has 1 saturated heterocycles. The molecule has 1 aromatic rings. The van der Waals surface area contributed by atoms with Crippen molar-refractivity contribution in [2.75, 3.05) is 19.5 Å². The molecule has 0 radical (unpaired) electrons. The third-order valence-corrected chi connectivity index (χ3v) is 4.79. The normalized spacial score (nSPS) is 24.2. The second-order valence-electron chi connectivity index (χ2n) is 4.30. The predicted octanol–water partition coefficient (Wildman–Crippen LogP) is 4.34. The Balaban J connectivity index is 1.95. The van der Waals surface area contributed by atoms with Gasteiger partial charge in [0.2, 0.25) is 0 Å². The van der Waals surface area contributed by atoms with Crippen molar-refractivity contribution in [3.05, 3.63) is 35.9 Å². The first-order chi connectivity index (χ1) is 10.1. The first-order valence-corrected chi connectivity index (χ1v) is 8.64. The summed E-state index contributed by atoms with van der Waals surface area (Å²) in [6, 6.07) is 5.88. The lowest BCUT2D eigenvalue weighted by atomic mass is 10.2. The van der Waals surface area contributed by atoms with E-state index in [1.54, 1.807) is 36.0 Å². The average molecular weight is 336 g/mol. The Hall–Kier alpha value is -0.760. The SMILES string of the molecule is CSC1COC(C=Cc2ccc(S(F)=C(F)F)cc2)OC1. The molecule has 2 rings (SSSR count). The standard InChI is InChI=1S/C14H15F3O2S2/c1-20-11-8-18-13(19-9-11)7-4-10-2-5-12(6-3-10)21(17)14(15)16/h2-7,11,13H,8-9H2,1H3. The number of hydrogen-bond acceptors (Lipinski definition) is 3. The van der Waals surface area contributed by atoms with Crippen molar-refractivity contribution in [1.82, 2.24) is 0 Å². The Kier molecular flexibility index (Phi) is 6.35. The van der Waals surface area contributed by atoms with E-state index >= 15 is 0 Å². The molecule has 0 saturated carbocycles. The predicted molar refractivity (Wildman–Crippen MR) is 82.7 cm³/mol. The van der Waals surface area contributed by atoms with Gasteiger partial charge in [-0.2, -0.15) is 24.4 Å². The average Bonchev–Trinajstić information content (AvgIpc) is 2.53. The molecule has 2 nitrogen and oxygen atoms in total. The summed E-state index contributed by atoms with van der Waals surface area (Å²) in [5.74, 6) is 0. The van der Waals surface area contributed by atoms with Crippen LogP contribution in [0.2, 0.25) is 0 Å². The van der Waals surface area contributed by atoms with Gasteiger partial charge in [0.05, 0.1) is 29.3 Å². The molecule has 0 aliphatic carbocycles. The van der Waals surface area contributed by atoms with Gasteiger partial charge in [0.15, 0.2) is 6.29 Å². The van der Waals surface area contributed by atoms with Crippen LogP contribution in [0.5, 0.6) is 0 Å². The maximum absolute atomic E-state index is 13.1. The smallest absolute Gasteiger partial charge is 0.328 e. The van der Waals surface area contributed by atoms with E-state index in [4.69, 9.17) is 9.47 Å². The van der Waals surface area contributed by atoms with Crippen LogP contribution in [-0.4, -0.2) is 36.4 Å². The number of rotatable bonds is 4. The fourth-order valence-electron chi connectivity index (χ4n) is 1.72. The lowest BCUT2D eigenvalue weighted by Crippen LogP contribution is -2.32. The molecular weight excluding hydrogens is 321 g/mol. The van der Waals surface area contributed by atoms with E-state index in [1.165, 1.54) is 12.1 Å². The Labute approximate surface area is 128 Å². The van der Waals surface area contributed by atoms with Crippen LogP contribution in [0.25, 0.3) is 6.08 Å². The van der Waals surface area contributed by atoms with Crippen LogP contribution in [-0.2, 0) is 9.47 Å². The summed E-state index contributed by atoms with van der Waals surface area (Å²) in [6.07, 6.45) is 5.12. The Morgan fingerprint density at radius 2 is 1.86 bits per heavy atom. The molecule has 1 atom stereocenters. The second kappa shape index (κ2) is 8.03. The molecule has 7 heteroatoms. The maximum Gasteiger partial charge on any atom is 0.328 e. The van der Waals surface area contributed by atoms with Gasteiger partial charge in [0, 0.05) is 4.90 Å². The quantitative estimate of drug-likeness (QED) is 0.602. The number of hydrogen-bond donors (Lipinski definition) is 0.